The molecule has 0 aliphatic rings. The molecule has 0 aliphatic heterocycles. The normalized spacial score (nSPS) is 12.3. The number of carboxylic acid groups (broad SMARTS) is 1. The molecule has 0 aromatic rings. The van der Waals surface area contributed by atoms with E-state index in [0.717, 1.165) is 25.7 Å². The van der Waals surface area contributed by atoms with Gasteiger partial charge in [-0.05, 0) is 25.7 Å². The number of unbranched alkanes of at least 4 members (excludes halogenated alkanes) is 10. The first-order valence-corrected chi connectivity index (χ1v) is 9.10. The van der Waals surface area contributed by atoms with Crippen LogP contribution in [-0.4, -0.2) is 17.4 Å². The van der Waals surface area contributed by atoms with E-state index >= 15 is 0 Å². The Balaban J connectivity index is 3.63. The van der Waals surface area contributed by atoms with Crippen LogP contribution in [0.15, 0.2) is 0 Å². The van der Waals surface area contributed by atoms with Crippen LogP contribution in [-0.2, 0) is 4.74 Å². The second-order valence-corrected chi connectivity index (χ2v) is 6.12. The molecule has 0 spiro atoms. The van der Waals surface area contributed by atoms with Crippen LogP contribution in [0.25, 0.3) is 0 Å². The highest BCUT2D eigenvalue weighted by Gasteiger charge is 2.12. The molecule has 1 atom stereocenters. The Hall–Kier alpha value is -0.730. The summed E-state index contributed by atoms with van der Waals surface area (Å²) in [6.07, 6.45) is 15.5. The van der Waals surface area contributed by atoms with Crippen molar-refractivity contribution in [2.45, 2.75) is 110 Å². The smallest absolute Gasteiger partial charge is 0.450 e. The SMILES string of the molecule is CCCCCCCCCC(CCCCCCC)OC(=O)O. The molecule has 0 aromatic carbocycles. The standard InChI is InChI=1S/C18H36O3/c1-3-5-7-9-10-12-14-16-17(21-18(19)20)15-13-11-8-6-4-2/h17H,3-16H2,1-2H3,(H,19,20). The fraction of sp³-hybridized carbons (Fsp3) is 0.944. The van der Waals surface area contributed by atoms with E-state index in [-0.39, 0.29) is 6.10 Å². The zero-order valence-electron chi connectivity index (χ0n) is 14.2. The van der Waals surface area contributed by atoms with Gasteiger partial charge in [0.15, 0.2) is 0 Å². The molecule has 21 heavy (non-hydrogen) atoms. The largest absolute Gasteiger partial charge is 0.506 e. The third-order valence-corrected chi connectivity index (χ3v) is 4.03. The van der Waals surface area contributed by atoms with Crippen molar-refractivity contribution in [1.82, 2.24) is 0 Å². The summed E-state index contributed by atoms with van der Waals surface area (Å²) >= 11 is 0. The fourth-order valence-corrected chi connectivity index (χ4v) is 2.71. The summed E-state index contributed by atoms with van der Waals surface area (Å²) < 4.78 is 5.02. The van der Waals surface area contributed by atoms with Crippen molar-refractivity contribution >= 4 is 6.16 Å². The molecule has 3 heteroatoms. The minimum atomic E-state index is -1.11. The Kier molecular flexibility index (Phi) is 15.1. The van der Waals surface area contributed by atoms with Gasteiger partial charge in [-0.2, -0.15) is 0 Å². The molecule has 0 amide bonds. The minimum Gasteiger partial charge on any atom is -0.450 e. The summed E-state index contributed by atoms with van der Waals surface area (Å²) in [6, 6.07) is 0. The van der Waals surface area contributed by atoms with E-state index in [0.29, 0.717) is 0 Å². The predicted octanol–water partition coefficient (Wildman–Crippen LogP) is 6.55. The van der Waals surface area contributed by atoms with Crippen LogP contribution in [0.2, 0.25) is 0 Å². The summed E-state index contributed by atoms with van der Waals surface area (Å²) in [7, 11) is 0. The number of hydrogen-bond donors (Lipinski definition) is 1. The van der Waals surface area contributed by atoms with E-state index in [1.807, 2.05) is 0 Å². The second-order valence-electron chi connectivity index (χ2n) is 6.12. The molecule has 0 saturated carbocycles. The zero-order valence-corrected chi connectivity index (χ0v) is 14.2. The van der Waals surface area contributed by atoms with Gasteiger partial charge >= 0.3 is 6.16 Å². The highest BCUT2D eigenvalue weighted by molar-refractivity contribution is 5.57. The highest BCUT2D eigenvalue weighted by Crippen LogP contribution is 2.16. The molecule has 0 radical (unpaired) electrons. The molecule has 0 aromatic heterocycles. The van der Waals surface area contributed by atoms with Crippen LogP contribution < -0.4 is 0 Å². The minimum absolute atomic E-state index is 0.0835. The van der Waals surface area contributed by atoms with Gasteiger partial charge in [-0.25, -0.2) is 4.79 Å². The van der Waals surface area contributed by atoms with Crippen molar-refractivity contribution in [2.24, 2.45) is 0 Å². The summed E-state index contributed by atoms with van der Waals surface area (Å²) in [6.45, 7) is 4.44. The average Bonchev–Trinajstić information content (AvgIpc) is 2.45. The predicted molar refractivity (Wildman–Crippen MR) is 88.9 cm³/mol. The van der Waals surface area contributed by atoms with Crippen LogP contribution >= 0.6 is 0 Å². The monoisotopic (exact) mass is 300 g/mol. The van der Waals surface area contributed by atoms with Crippen LogP contribution in [0.5, 0.6) is 0 Å². The van der Waals surface area contributed by atoms with Gasteiger partial charge in [0.2, 0.25) is 0 Å². The van der Waals surface area contributed by atoms with Gasteiger partial charge in [-0.3, -0.25) is 0 Å². The lowest BCUT2D eigenvalue weighted by molar-refractivity contribution is 0.0422. The molecule has 0 rings (SSSR count). The van der Waals surface area contributed by atoms with Crippen LogP contribution in [0.1, 0.15) is 104 Å². The maximum Gasteiger partial charge on any atom is 0.506 e. The maximum absolute atomic E-state index is 10.7. The molecule has 0 bridgehead atoms. The molecule has 0 saturated heterocycles. The topological polar surface area (TPSA) is 46.5 Å². The van der Waals surface area contributed by atoms with Gasteiger partial charge in [0.25, 0.3) is 0 Å². The number of rotatable bonds is 15. The number of hydrogen-bond acceptors (Lipinski definition) is 2. The van der Waals surface area contributed by atoms with E-state index in [2.05, 4.69) is 13.8 Å². The summed E-state index contributed by atoms with van der Waals surface area (Å²) in [5.41, 5.74) is 0. The van der Waals surface area contributed by atoms with Gasteiger partial charge in [-0.15, -0.1) is 0 Å². The van der Waals surface area contributed by atoms with Crippen LogP contribution in [0, 0.1) is 0 Å². The molecule has 1 N–H and O–H groups in total. The molecular weight excluding hydrogens is 264 g/mol. The van der Waals surface area contributed by atoms with Crippen molar-refractivity contribution in [3.8, 4) is 0 Å². The second kappa shape index (κ2) is 15.7. The van der Waals surface area contributed by atoms with Crippen molar-refractivity contribution in [3.05, 3.63) is 0 Å². The van der Waals surface area contributed by atoms with Gasteiger partial charge in [-0.1, -0.05) is 78.1 Å². The third kappa shape index (κ3) is 15.5. The highest BCUT2D eigenvalue weighted by atomic mass is 16.7. The van der Waals surface area contributed by atoms with Crippen LogP contribution in [0.3, 0.4) is 0 Å². The summed E-state index contributed by atoms with van der Waals surface area (Å²) in [4.78, 5) is 10.7. The summed E-state index contributed by atoms with van der Waals surface area (Å²) in [5, 5.41) is 8.80. The lowest BCUT2D eigenvalue weighted by atomic mass is 10.0. The Morgan fingerprint density at radius 3 is 1.52 bits per heavy atom. The molecule has 0 aliphatic carbocycles. The first kappa shape index (κ1) is 20.3. The molecular formula is C18H36O3. The Morgan fingerprint density at radius 1 is 0.762 bits per heavy atom. The lowest BCUT2D eigenvalue weighted by Gasteiger charge is -2.15. The van der Waals surface area contributed by atoms with E-state index in [1.54, 1.807) is 0 Å². The fourth-order valence-electron chi connectivity index (χ4n) is 2.71. The van der Waals surface area contributed by atoms with E-state index in [4.69, 9.17) is 9.84 Å². The lowest BCUT2D eigenvalue weighted by Crippen LogP contribution is -2.16. The Morgan fingerprint density at radius 2 is 1.14 bits per heavy atom. The van der Waals surface area contributed by atoms with Gasteiger partial charge < -0.3 is 9.84 Å². The van der Waals surface area contributed by atoms with Crippen LogP contribution in [0.4, 0.5) is 4.79 Å². The molecule has 1 unspecified atom stereocenters. The number of ether oxygens (including phenoxy) is 1. The molecule has 3 nitrogen and oxygen atoms in total. The molecule has 0 fully saturated rings. The molecule has 0 heterocycles. The first-order chi connectivity index (χ1) is 10.2. The van der Waals surface area contributed by atoms with E-state index < -0.39 is 6.16 Å². The van der Waals surface area contributed by atoms with E-state index in [9.17, 15) is 4.79 Å². The van der Waals surface area contributed by atoms with Crippen molar-refractivity contribution in [2.75, 3.05) is 0 Å². The Bertz CT molecular complexity index is 229. The van der Waals surface area contributed by atoms with E-state index in [1.165, 1.54) is 64.2 Å². The van der Waals surface area contributed by atoms with Crippen molar-refractivity contribution < 1.29 is 14.6 Å². The zero-order chi connectivity index (χ0) is 15.8. The van der Waals surface area contributed by atoms with Gasteiger partial charge in [0, 0.05) is 0 Å². The number of carbonyl (C=O) groups is 1. The average molecular weight is 300 g/mol. The first-order valence-electron chi connectivity index (χ1n) is 9.10. The summed E-state index contributed by atoms with van der Waals surface area (Å²) in [5.74, 6) is 0. The molecule has 126 valence electrons. The van der Waals surface area contributed by atoms with Crippen molar-refractivity contribution in [3.63, 3.8) is 0 Å². The van der Waals surface area contributed by atoms with Gasteiger partial charge in [0.05, 0.1) is 0 Å². The third-order valence-electron chi connectivity index (χ3n) is 4.03. The Labute approximate surface area is 131 Å². The van der Waals surface area contributed by atoms with Gasteiger partial charge in [0.1, 0.15) is 6.10 Å². The quantitative estimate of drug-likeness (QED) is 0.275. The van der Waals surface area contributed by atoms with Crippen molar-refractivity contribution in [1.29, 1.82) is 0 Å². The maximum atomic E-state index is 10.7.